The van der Waals surface area contributed by atoms with Gasteiger partial charge in [0.1, 0.15) is 0 Å². The van der Waals surface area contributed by atoms with Crippen molar-refractivity contribution >= 4 is 46.0 Å². The van der Waals surface area contributed by atoms with E-state index in [0.717, 1.165) is 12.8 Å². The minimum absolute atomic E-state index is 0.0263. The SMILES string of the molecule is CCC(=O)N(c1nnc(SCC(=O)N2CCC(C(N)=O)CC2)s1)C1CC1. The molecule has 10 heteroatoms. The zero-order chi connectivity index (χ0) is 18.7. The molecule has 2 fully saturated rings. The van der Waals surface area contributed by atoms with Crippen LogP contribution in [0.4, 0.5) is 5.13 Å². The maximum Gasteiger partial charge on any atom is 0.233 e. The van der Waals surface area contributed by atoms with Gasteiger partial charge in [-0.3, -0.25) is 19.3 Å². The first-order chi connectivity index (χ1) is 12.5. The normalized spacial score (nSPS) is 18.0. The molecule has 8 nitrogen and oxygen atoms in total. The number of nitrogens with two attached hydrogens (primary N) is 1. The first kappa shape index (κ1) is 19.1. The molecule has 0 atom stereocenters. The van der Waals surface area contributed by atoms with Crippen LogP contribution in [0.3, 0.4) is 0 Å². The van der Waals surface area contributed by atoms with E-state index in [9.17, 15) is 14.4 Å². The molecule has 1 aromatic rings. The highest BCUT2D eigenvalue weighted by Gasteiger charge is 2.35. The number of hydrogen-bond acceptors (Lipinski definition) is 7. The van der Waals surface area contributed by atoms with Crippen molar-refractivity contribution in [2.24, 2.45) is 11.7 Å². The van der Waals surface area contributed by atoms with E-state index < -0.39 is 0 Å². The molecular weight excluding hydrogens is 374 g/mol. The molecule has 142 valence electrons. The third-order valence-corrected chi connectivity index (χ3v) is 6.69. The van der Waals surface area contributed by atoms with E-state index in [0.29, 0.717) is 41.8 Å². The van der Waals surface area contributed by atoms with E-state index in [1.165, 1.54) is 23.1 Å². The van der Waals surface area contributed by atoms with Crippen molar-refractivity contribution in [2.75, 3.05) is 23.7 Å². The Morgan fingerprint density at radius 3 is 2.50 bits per heavy atom. The van der Waals surface area contributed by atoms with Crippen LogP contribution < -0.4 is 10.6 Å². The third-order valence-electron chi connectivity index (χ3n) is 4.65. The second-order valence-corrected chi connectivity index (χ2v) is 8.72. The van der Waals surface area contributed by atoms with Crippen molar-refractivity contribution in [2.45, 2.75) is 49.4 Å². The predicted octanol–water partition coefficient (Wildman–Crippen LogP) is 1.26. The Hall–Kier alpha value is -1.68. The number of hydrogen-bond donors (Lipinski definition) is 1. The molecule has 0 bridgehead atoms. The lowest BCUT2D eigenvalue weighted by Crippen LogP contribution is -2.42. The number of carbonyl (C=O) groups is 3. The lowest BCUT2D eigenvalue weighted by atomic mass is 9.96. The average molecular weight is 398 g/mol. The van der Waals surface area contributed by atoms with Crippen LogP contribution in [0.25, 0.3) is 0 Å². The van der Waals surface area contributed by atoms with E-state index >= 15 is 0 Å². The maximum absolute atomic E-state index is 12.3. The molecule has 3 rings (SSSR count). The van der Waals surface area contributed by atoms with Gasteiger partial charge < -0.3 is 10.6 Å². The Morgan fingerprint density at radius 2 is 1.92 bits per heavy atom. The van der Waals surface area contributed by atoms with Gasteiger partial charge in [-0.15, -0.1) is 10.2 Å². The van der Waals surface area contributed by atoms with Crippen LogP contribution in [-0.4, -0.2) is 57.7 Å². The van der Waals surface area contributed by atoms with E-state index in [1.54, 1.807) is 9.80 Å². The molecule has 1 aliphatic carbocycles. The van der Waals surface area contributed by atoms with E-state index in [2.05, 4.69) is 10.2 Å². The summed E-state index contributed by atoms with van der Waals surface area (Å²) in [5.41, 5.74) is 5.32. The summed E-state index contributed by atoms with van der Waals surface area (Å²) in [5, 5.41) is 8.89. The number of piperidine rings is 1. The summed E-state index contributed by atoms with van der Waals surface area (Å²) in [7, 11) is 0. The minimum atomic E-state index is -0.283. The maximum atomic E-state index is 12.3. The molecule has 2 N–H and O–H groups in total. The fourth-order valence-corrected chi connectivity index (χ4v) is 4.79. The number of primary amides is 1. The van der Waals surface area contributed by atoms with Crippen molar-refractivity contribution in [3.8, 4) is 0 Å². The van der Waals surface area contributed by atoms with Gasteiger partial charge in [0.05, 0.1) is 5.75 Å². The summed E-state index contributed by atoms with van der Waals surface area (Å²) in [4.78, 5) is 39.2. The first-order valence-corrected chi connectivity index (χ1v) is 10.6. The van der Waals surface area contributed by atoms with Crippen LogP contribution in [0.15, 0.2) is 4.34 Å². The number of anilines is 1. The molecule has 2 aliphatic rings. The van der Waals surface area contributed by atoms with Crippen molar-refractivity contribution in [1.82, 2.24) is 15.1 Å². The fourth-order valence-electron chi connectivity index (χ4n) is 2.96. The summed E-state index contributed by atoms with van der Waals surface area (Å²) in [6.07, 6.45) is 3.72. The van der Waals surface area contributed by atoms with Gasteiger partial charge in [-0.1, -0.05) is 30.0 Å². The van der Waals surface area contributed by atoms with Gasteiger partial charge in [-0.05, 0) is 25.7 Å². The zero-order valence-electron chi connectivity index (χ0n) is 14.7. The van der Waals surface area contributed by atoms with Gasteiger partial charge in [0, 0.05) is 31.5 Å². The number of rotatable bonds is 7. The highest BCUT2D eigenvalue weighted by molar-refractivity contribution is 8.01. The summed E-state index contributed by atoms with van der Waals surface area (Å²) < 4.78 is 0.690. The van der Waals surface area contributed by atoms with Gasteiger partial charge >= 0.3 is 0 Å². The van der Waals surface area contributed by atoms with Crippen molar-refractivity contribution in [3.05, 3.63) is 0 Å². The molecule has 0 unspecified atom stereocenters. The van der Waals surface area contributed by atoms with Crippen LogP contribution in [0, 0.1) is 5.92 Å². The van der Waals surface area contributed by atoms with Gasteiger partial charge in [0.25, 0.3) is 0 Å². The summed E-state index contributed by atoms with van der Waals surface area (Å²) in [6.45, 7) is 2.97. The zero-order valence-corrected chi connectivity index (χ0v) is 16.4. The molecule has 3 amide bonds. The van der Waals surface area contributed by atoms with Gasteiger partial charge in [-0.2, -0.15) is 0 Å². The lowest BCUT2D eigenvalue weighted by molar-refractivity contribution is -0.132. The first-order valence-electron chi connectivity index (χ1n) is 8.85. The van der Waals surface area contributed by atoms with Crippen LogP contribution in [0.1, 0.15) is 39.0 Å². The van der Waals surface area contributed by atoms with Crippen LogP contribution >= 0.6 is 23.1 Å². The highest BCUT2D eigenvalue weighted by Crippen LogP contribution is 2.36. The smallest absolute Gasteiger partial charge is 0.233 e. The van der Waals surface area contributed by atoms with Crippen LogP contribution in [0.2, 0.25) is 0 Å². The van der Waals surface area contributed by atoms with E-state index in [4.69, 9.17) is 5.73 Å². The number of carbonyl (C=O) groups excluding carboxylic acids is 3. The van der Waals surface area contributed by atoms with Crippen molar-refractivity contribution < 1.29 is 14.4 Å². The minimum Gasteiger partial charge on any atom is -0.369 e. The van der Waals surface area contributed by atoms with E-state index in [-0.39, 0.29) is 35.4 Å². The summed E-state index contributed by atoms with van der Waals surface area (Å²) in [5.74, 6) is -0.0373. The topological polar surface area (TPSA) is 109 Å². The van der Waals surface area contributed by atoms with Gasteiger partial charge in [-0.25, -0.2) is 0 Å². The largest absolute Gasteiger partial charge is 0.369 e. The number of amides is 3. The monoisotopic (exact) mass is 397 g/mol. The number of nitrogens with zero attached hydrogens (tertiary/aromatic N) is 4. The molecule has 1 aromatic heterocycles. The number of likely N-dealkylation sites (tertiary alicyclic amines) is 1. The number of thioether (sulfide) groups is 1. The standard InChI is InChI=1S/C16H23N5O3S2/c1-2-12(22)21(11-3-4-11)15-18-19-16(26-15)25-9-13(23)20-7-5-10(6-8-20)14(17)24/h10-11H,2-9H2,1H3,(H2,17,24). The van der Waals surface area contributed by atoms with Crippen molar-refractivity contribution in [3.63, 3.8) is 0 Å². The highest BCUT2D eigenvalue weighted by atomic mass is 32.2. The molecule has 0 radical (unpaired) electrons. The molecule has 0 aromatic carbocycles. The molecule has 26 heavy (non-hydrogen) atoms. The summed E-state index contributed by atoms with van der Waals surface area (Å²) >= 11 is 2.70. The Morgan fingerprint density at radius 1 is 1.23 bits per heavy atom. The predicted molar refractivity (Wildman–Crippen MR) is 99.9 cm³/mol. The van der Waals surface area contributed by atoms with Crippen LogP contribution in [0.5, 0.6) is 0 Å². The van der Waals surface area contributed by atoms with Crippen molar-refractivity contribution in [1.29, 1.82) is 0 Å². The average Bonchev–Trinajstić information content (AvgIpc) is 3.37. The fraction of sp³-hybridized carbons (Fsp3) is 0.688. The molecular formula is C16H23N5O3S2. The molecule has 1 saturated carbocycles. The molecule has 1 saturated heterocycles. The Bertz CT molecular complexity index is 683. The summed E-state index contributed by atoms with van der Waals surface area (Å²) in [6, 6.07) is 0.251. The third kappa shape index (κ3) is 4.53. The van der Waals surface area contributed by atoms with E-state index in [1.807, 2.05) is 6.92 Å². The second kappa shape index (κ2) is 8.34. The van der Waals surface area contributed by atoms with Crippen LogP contribution in [-0.2, 0) is 14.4 Å². The Labute approximate surface area is 160 Å². The molecule has 1 aliphatic heterocycles. The second-order valence-electron chi connectivity index (χ2n) is 6.55. The molecule has 2 heterocycles. The Balaban J connectivity index is 1.51. The Kier molecular flexibility index (Phi) is 6.13. The quantitative estimate of drug-likeness (QED) is 0.548. The van der Waals surface area contributed by atoms with Gasteiger partial charge in [0.15, 0.2) is 4.34 Å². The lowest BCUT2D eigenvalue weighted by Gasteiger charge is -2.30. The van der Waals surface area contributed by atoms with Gasteiger partial charge in [0.2, 0.25) is 22.9 Å². The number of aromatic nitrogens is 2. The molecule has 0 spiro atoms.